The van der Waals surface area contributed by atoms with Crippen LogP contribution in [0.4, 0.5) is 5.69 Å². The number of hydrogen-bond donors (Lipinski definition) is 0. The molecule has 2 aromatic carbocycles. The van der Waals surface area contributed by atoms with Crippen LogP contribution in [0.25, 0.3) is 5.57 Å². The van der Waals surface area contributed by atoms with Crippen LogP contribution in [-0.4, -0.2) is 11.8 Å². The van der Waals surface area contributed by atoms with Crippen molar-refractivity contribution >= 4 is 57.9 Å². The number of carbonyl (C=O) groups is 2. The molecule has 110 valence electrons. The number of carbonyl (C=O) groups excluding carboxylic acids is 2. The van der Waals surface area contributed by atoms with E-state index in [4.69, 9.17) is 34.8 Å². The van der Waals surface area contributed by atoms with E-state index in [1.54, 1.807) is 30.3 Å². The second-order valence-corrected chi connectivity index (χ2v) is 5.82. The Balaban J connectivity index is 2.11. The molecule has 22 heavy (non-hydrogen) atoms. The van der Waals surface area contributed by atoms with Crippen molar-refractivity contribution in [2.75, 3.05) is 4.90 Å². The number of rotatable bonds is 2. The summed E-state index contributed by atoms with van der Waals surface area (Å²) in [6.45, 7) is 0. The highest BCUT2D eigenvalue weighted by atomic mass is 35.5. The van der Waals surface area contributed by atoms with Crippen molar-refractivity contribution in [3.63, 3.8) is 0 Å². The van der Waals surface area contributed by atoms with E-state index < -0.39 is 11.8 Å². The first kappa shape index (κ1) is 15.1. The van der Waals surface area contributed by atoms with Gasteiger partial charge in [-0.05, 0) is 23.8 Å². The maximum atomic E-state index is 12.7. The van der Waals surface area contributed by atoms with Crippen LogP contribution in [0.1, 0.15) is 5.56 Å². The average molecular weight is 353 g/mol. The predicted molar refractivity (Wildman–Crippen MR) is 88.2 cm³/mol. The lowest BCUT2D eigenvalue weighted by atomic mass is 10.1. The Hall–Kier alpha value is -1.81. The van der Waals surface area contributed by atoms with Crippen LogP contribution >= 0.6 is 34.8 Å². The van der Waals surface area contributed by atoms with Crippen LogP contribution in [-0.2, 0) is 9.59 Å². The fourth-order valence-electron chi connectivity index (χ4n) is 2.23. The third-order valence-electron chi connectivity index (χ3n) is 3.24. The molecule has 0 atom stereocenters. The summed E-state index contributed by atoms with van der Waals surface area (Å²) in [5.74, 6) is -1.14. The molecule has 2 amide bonds. The van der Waals surface area contributed by atoms with Crippen molar-refractivity contribution in [1.82, 2.24) is 0 Å². The molecule has 0 unspecified atom stereocenters. The summed E-state index contributed by atoms with van der Waals surface area (Å²) in [4.78, 5) is 26.0. The molecule has 0 N–H and O–H groups in total. The van der Waals surface area contributed by atoms with E-state index in [1.165, 1.54) is 12.1 Å². The van der Waals surface area contributed by atoms with Gasteiger partial charge in [0.1, 0.15) is 5.03 Å². The zero-order chi connectivity index (χ0) is 15.9. The second kappa shape index (κ2) is 5.76. The van der Waals surface area contributed by atoms with Crippen molar-refractivity contribution in [3.8, 4) is 0 Å². The number of anilines is 1. The molecule has 0 aliphatic carbocycles. The topological polar surface area (TPSA) is 37.4 Å². The molecule has 2 aromatic rings. The van der Waals surface area contributed by atoms with Crippen molar-refractivity contribution in [2.24, 2.45) is 0 Å². The van der Waals surface area contributed by atoms with Gasteiger partial charge >= 0.3 is 0 Å². The lowest BCUT2D eigenvalue weighted by Crippen LogP contribution is -2.31. The fourth-order valence-corrected chi connectivity index (χ4v) is 2.88. The first-order chi connectivity index (χ1) is 10.5. The van der Waals surface area contributed by atoms with Crippen LogP contribution in [0.2, 0.25) is 10.0 Å². The lowest BCUT2D eigenvalue weighted by molar-refractivity contribution is -0.119. The summed E-state index contributed by atoms with van der Waals surface area (Å²) in [6, 6.07) is 13.3. The third-order valence-corrected chi connectivity index (χ3v) is 4.14. The summed E-state index contributed by atoms with van der Waals surface area (Å²) < 4.78 is 0. The van der Waals surface area contributed by atoms with Crippen molar-refractivity contribution in [3.05, 3.63) is 69.2 Å². The van der Waals surface area contributed by atoms with Crippen molar-refractivity contribution in [2.45, 2.75) is 0 Å². The minimum absolute atomic E-state index is 0.132. The zero-order valence-electron chi connectivity index (χ0n) is 11.0. The maximum absolute atomic E-state index is 12.7. The van der Waals surface area contributed by atoms with Gasteiger partial charge in [-0.15, -0.1) is 0 Å². The highest BCUT2D eigenvalue weighted by Crippen LogP contribution is 2.38. The normalized spacial score (nSPS) is 15.0. The molecule has 0 bridgehead atoms. The number of benzene rings is 2. The predicted octanol–water partition coefficient (Wildman–Crippen LogP) is 4.52. The quantitative estimate of drug-likeness (QED) is 0.745. The number of imide groups is 1. The van der Waals surface area contributed by atoms with Crippen molar-refractivity contribution in [1.29, 1.82) is 0 Å². The van der Waals surface area contributed by atoms with E-state index in [0.717, 1.165) is 4.90 Å². The van der Waals surface area contributed by atoms with Crippen LogP contribution in [0.15, 0.2) is 53.6 Å². The molecule has 6 heteroatoms. The highest BCUT2D eigenvalue weighted by Gasteiger charge is 2.40. The second-order valence-electron chi connectivity index (χ2n) is 4.60. The minimum Gasteiger partial charge on any atom is -0.268 e. The number of hydrogen-bond acceptors (Lipinski definition) is 2. The first-order valence-corrected chi connectivity index (χ1v) is 7.43. The lowest BCUT2D eigenvalue weighted by Gasteiger charge is -2.16. The van der Waals surface area contributed by atoms with Gasteiger partial charge in [-0.25, -0.2) is 4.90 Å². The van der Waals surface area contributed by atoms with Gasteiger partial charge in [-0.3, -0.25) is 9.59 Å². The summed E-state index contributed by atoms with van der Waals surface area (Å²) in [5, 5.41) is 0.474. The van der Waals surface area contributed by atoms with E-state index in [0.29, 0.717) is 10.6 Å². The Labute approximate surface area is 141 Å². The molecule has 1 aliphatic heterocycles. The van der Waals surface area contributed by atoms with E-state index in [9.17, 15) is 9.59 Å². The van der Waals surface area contributed by atoms with Gasteiger partial charge in [0.2, 0.25) is 0 Å². The van der Waals surface area contributed by atoms with Gasteiger partial charge in [0.05, 0.1) is 16.3 Å². The molecule has 0 saturated carbocycles. The number of halogens is 3. The third kappa shape index (κ3) is 2.41. The van der Waals surface area contributed by atoms with Crippen LogP contribution in [0.3, 0.4) is 0 Å². The molecule has 0 spiro atoms. The average Bonchev–Trinajstić information content (AvgIpc) is 2.73. The number of amides is 2. The fraction of sp³-hybridized carbons (Fsp3) is 0. The van der Waals surface area contributed by atoms with Crippen molar-refractivity contribution < 1.29 is 9.59 Å². The summed E-state index contributed by atoms with van der Waals surface area (Å²) in [6.07, 6.45) is 0. The Morgan fingerprint density at radius 1 is 0.818 bits per heavy atom. The highest BCUT2D eigenvalue weighted by molar-refractivity contribution is 6.60. The molecule has 3 nitrogen and oxygen atoms in total. The summed E-state index contributed by atoms with van der Waals surface area (Å²) in [7, 11) is 0. The Morgan fingerprint density at radius 3 is 2.18 bits per heavy atom. The molecule has 0 radical (unpaired) electrons. The SMILES string of the molecule is O=C1C(Cl)=C(c2ccccc2)C(=O)N1c1cc(Cl)ccc1Cl. The molecule has 3 rings (SSSR count). The van der Waals surface area contributed by atoms with E-state index >= 15 is 0 Å². The summed E-state index contributed by atoms with van der Waals surface area (Å²) in [5.41, 5.74) is 0.947. The van der Waals surface area contributed by atoms with Gasteiger partial charge in [-0.2, -0.15) is 0 Å². The van der Waals surface area contributed by atoms with Gasteiger partial charge in [-0.1, -0.05) is 65.1 Å². The Morgan fingerprint density at radius 2 is 1.50 bits per heavy atom. The van der Waals surface area contributed by atoms with Gasteiger partial charge in [0, 0.05) is 5.02 Å². The Bertz CT molecular complexity index is 815. The smallest absolute Gasteiger partial charge is 0.268 e. The summed E-state index contributed by atoms with van der Waals surface area (Å²) >= 11 is 18.1. The van der Waals surface area contributed by atoms with E-state index in [-0.39, 0.29) is 21.3 Å². The molecule has 0 fully saturated rings. The molecule has 1 heterocycles. The minimum atomic E-state index is -0.616. The zero-order valence-corrected chi connectivity index (χ0v) is 13.3. The van der Waals surface area contributed by atoms with Crippen LogP contribution in [0.5, 0.6) is 0 Å². The largest absolute Gasteiger partial charge is 0.277 e. The molecular formula is C16H8Cl3NO2. The van der Waals surface area contributed by atoms with Crippen LogP contribution in [0, 0.1) is 0 Å². The molecule has 0 aromatic heterocycles. The van der Waals surface area contributed by atoms with Gasteiger partial charge < -0.3 is 0 Å². The van der Waals surface area contributed by atoms with E-state index in [1.807, 2.05) is 6.07 Å². The van der Waals surface area contributed by atoms with Crippen LogP contribution < -0.4 is 4.90 Å². The standard InChI is InChI=1S/C16H8Cl3NO2/c17-10-6-7-11(18)12(8-10)20-15(21)13(14(19)16(20)22)9-4-2-1-3-5-9/h1-8H. The first-order valence-electron chi connectivity index (χ1n) is 6.29. The van der Waals surface area contributed by atoms with Gasteiger partial charge in [0.15, 0.2) is 0 Å². The van der Waals surface area contributed by atoms with Gasteiger partial charge in [0.25, 0.3) is 11.8 Å². The maximum Gasteiger partial charge on any atom is 0.277 e. The monoisotopic (exact) mass is 351 g/mol. The molecular weight excluding hydrogens is 345 g/mol. The van der Waals surface area contributed by atoms with E-state index in [2.05, 4.69) is 0 Å². The number of nitrogens with zero attached hydrogens (tertiary/aromatic N) is 1. The molecule has 1 aliphatic rings. The molecule has 0 saturated heterocycles. The Kier molecular flexibility index (Phi) is 3.96.